The van der Waals surface area contributed by atoms with Gasteiger partial charge < -0.3 is 15.4 Å². The second-order valence-corrected chi connectivity index (χ2v) is 3.87. The highest BCUT2D eigenvalue weighted by molar-refractivity contribution is 5.91. The van der Waals surface area contributed by atoms with E-state index in [-0.39, 0.29) is 18.2 Å². The summed E-state index contributed by atoms with van der Waals surface area (Å²) in [5.74, 6) is 0. The summed E-state index contributed by atoms with van der Waals surface area (Å²) in [6.45, 7) is 1.73. The van der Waals surface area contributed by atoms with Crippen LogP contribution in [-0.2, 0) is 0 Å². The molecule has 0 aliphatic heterocycles. The van der Waals surface area contributed by atoms with Crippen molar-refractivity contribution in [1.82, 2.24) is 4.57 Å². The fraction of sp³-hybridized carbons (Fsp3) is 0.250. The van der Waals surface area contributed by atoms with Crippen LogP contribution >= 0.6 is 0 Å². The van der Waals surface area contributed by atoms with E-state index in [1.165, 1.54) is 4.57 Å². The summed E-state index contributed by atoms with van der Waals surface area (Å²) in [6, 6.07) is 6.85. The minimum atomic E-state index is -0.224. The summed E-state index contributed by atoms with van der Waals surface area (Å²) in [6.07, 6.45) is 1.67. The maximum absolute atomic E-state index is 12.1. The number of nitrogens with two attached hydrogens (primary N) is 1. The molecule has 2 rings (SSSR count). The fourth-order valence-corrected chi connectivity index (χ4v) is 1.75. The number of fused-ring (bicyclic) bond motifs is 1. The Balaban J connectivity index is 2.76. The van der Waals surface area contributed by atoms with Crippen LogP contribution in [0.3, 0.4) is 0 Å². The van der Waals surface area contributed by atoms with Crippen molar-refractivity contribution in [1.29, 1.82) is 0 Å². The minimum absolute atomic E-state index is 0.0618. The fourth-order valence-electron chi connectivity index (χ4n) is 1.75. The third-order valence-electron chi connectivity index (χ3n) is 2.75. The van der Waals surface area contributed by atoms with Gasteiger partial charge in [0.15, 0.2) is 0 Å². The second-order valence-electron chi connectivity index (χ2n) is 3.87. The lowest BCUT2D eigenvalue weighted by Gasteiger charge is -2.13. The summed E-state index contributed by atoms with van der Waals surface area (Å²) < 4.78 is 1.52. The molecule has 0 aliphatic rings. The number of aliphatic hydroxyl groups is 1. The Morgan fingerprint density at radius 1 is 1.38 bits per heavy atom. The largest absolute Gasteiger partial charge is 0.398 e. The first-order chi connectivity index (χ1) is 7.65. The van der Waals surface area contributed by atoms with Crippen molar-refractivity contribution in [3.8, 4) is 0 Å². The molecule has 4 nitrogen and oxygen atoms in total. The average Bonchev–Trinajstić information content (AvgIpc) is 2.30. The molecule has 0 spiro atoms. The van der Waals surface area contributed by atoms with Crippen LogP contribution in [-0.4, -0.2) is 16.3 Å². The number of rotatable bonds is 2. The van der Waals surface area contributed by atoms with Crippen LogP contribution < -0.4 is 11.3 Å². The number of benzene rings is 1. The lowest BCUT2D eigenvalue weighted by atomic mass is 10.1. The first-order valence-electron chi connectivity index (χ1n) is 5.15. The standard InChI is InChI=1S/C12H14N2O2/c1-8(7-15)14-6-5-9-10(12(14)16)3-2-4-11(9)13/h2-6,8,15H,7,13H2,1H3/t8-/m0/s1. The molecule has 0 saturated heterocycles. The van der Waals surface area contributed by atoms with Crippen LogP contribution in [0, 0.1) is 0 Å². The zero-order valence-corrected chi connectivity index (χ0v) is 9.05. The zero-order valence-electron chi connectivity index (χ0n) is 9.05. The number of hydrogen-bond acceptors (Lipinski definition) is 3. The van der Waals surface area contributed by atoms with E-state index in [0.29, 0.717) is 11.1 Å². The smallest absolute Gasteiger partial charge is 0.258 e. The number of hydrogen-bond donors (Lipinski definition) is 2. The Morgan fingerprint density at radius 2 is 2.12 bits per heavy atom. The van der Waals surface area contributed by atoms with Gasteiger partial charge in [0.2, 0.25) is 0 Å². The van der Waals surface area contributed by atoms with Gasteiger partial charge in [-0.05, 0) is 25.1 Å². The van der Waals surface area contributed by atoms with E-state index in [1.54, 1.807) is 37.4 Å². The van der Waals surface area contributed by atoms with E-state index >= 15 is 0 Å². The molecule has 84 valence electrons. The molecule has 1 heterocycles. The number of nitrogens with zero attached hydrogens (tertiary/aromatic N) is 1. The van der Waals surface area contributed by atoms with Crippen molar-refractivity contribution in [3.63, 3.8) is 0 Å². The molecule has 0 unspecified atom stereocenters. The van der Waals surface area contributed by atoms with Crippen LogP contribution in [0.25, 0.3) is 10.8 Å². The van der Waals surface area contributed by atoms with Crippen molar-refractivity contribution in [2.45, 2.75) is 13.0 Å². The van der Waals surface area contributed by atoms with E-state index in [9.17, 15) is 4.79 Å². The van der Waals surface area contributed by atoms with Crippen LogP contribution in [0.15, 0.2) is 35.3 Å². The summed E-state index contributed by atoms with van der Waals surface area (Å²) in [7, 11) is 0. The molecular weight excluding hydrogens is 204 g/mol. The van der Waals surface area contributed by atoms with Gasteiger partial charge in [0, 0.05) is 22.7 Å². The van der Waals surface area contributed by atoms with Gasteiger partial charge in [-0.15, -0.1) is 0 Å². The number of anilines is 1. The van der Waals surface area contributed by atoms with E-state index in [0.717, 1.165) is 5.39 Å². The molecule has 2 aromatic rings. The quantitative estimate of drug-likeness (QED) is 0.743. The average molecular weight is 218 g/mol. The zero-order chi connectivity index (χ0) is 11.7. The van der Waals surface area contributed by atoms with Crippen molar-refractivity contribution >= 4 is 16.5 Å². The van der Waals surface area contributed by atoms with Crippen molar-refractivity contribution < 1.29 is 5.11 Å². The number of nitrogen functional groups attached to an aromatic ring is 1. The molecule has 0 radical (unpaired) electrons. The second kappa shape index (κ2) is 3.98. The van der Waals surface area contributed by atoms with Gasteiger partial charge in [0.25, 0.3) is 5.56 Å². The lowest BCUT2D eigenvalue weighted by molar-refractivity contribution is 0.236. The van der Waals surface area contributed by atoms with Gasteiger partial charge in [-0.25, -0.2) is 0 Å². The monoisotopic (exact) mass is 218 g/mol. The van der Waals surface area contributed by atoms with Gasteiger partial charge in [0.05, 0.1) is 12.6 Å². The molecule has 16 heavy (non-hydrogen) atoms. The van der Waals surface area contributed by atoms with Gasteiger partial charge in [-0.3, -0.25) is 4.79 Å². The topological polar surface area (TPSA) is 68.2 Å². The Bertz CT molecular complexity index is 575. The maximum atomic E-state index is 12.1. The Hall–Kier alpha value is -1.81. The first kappa shape index (κ1) is 10.7. The minimum Gasteiger partial charge on any atom is -0.398 e. The molecule has 0 saturated carbocycles. The molecule has 1 aromatic heterocycles. The SMILES string of the molecule is C[C@@H](CO)n1ccc2c(N)cccc2c1=O. The van der Waals surface area contributed by atoms with Gasteiger partial charge in [0.1, 0.15) is 0 Å². The molecule has 0 aliphatic carbocycles. The van der Waals surface area contributed by atoms with Crippen LogP contribution in [0.1, 0.15) is 13.0 Å². The van der Waals surface area contributed by atoms with Gasteiger partial charge in [-0.2, -0.15) is 0 Å². The van der Waals surface area contributed by atoms with E-state index in [1.807, 2.05) is 0 Å². The third-order valence-corrected chi connectivity index (χ3v) is 2.75. The van der Waals surface area contributed by atoms with E-state index in [4.69, 9.17) is 10.8 Å². The molecule has 0 fully saturated rings. The highest BCUT2D eigenvalue weighted by Crippen LogP contribution is 2.17. The summed E-state index contributed by atoms with van der Waals surface area (Å²) in [5, 5.41) is 10.4. The highest BCUT2D eigenvalue weighted by Gasteiger charge is 2.08. The van der Waals surface area contributed by atoms with Crippen LogP contribution in [0.2, 0.25) is 0 Å². The van der Waals surface area contributed by atoms with Gasteiger partial charge in [-0.1, -0.05) is 6.07 Å². The molecule has 0 bridgehead atoms. The normalized spacial score (nSPS) is 12.9. The molecule has 4 heteroatoms. The molecule has 0 amide bonds. The maximum Gasteiger partial charge on any atom is 0.258 e. The molecule has 1 aromatic carbocycles. The summed E-state index contributed by atoms with van der Waals surface area (Å²) in [4.78, 5) is 12.1. The van der Waals surface area contributed by atoms with Crippen LogP contribution in [0.4, 0.5) is 5.69 Å². The third kappa shape index (κ3) is 1.57. The molecule has 1 atom stereocenters. The summed E-state index contributed by atoms with van der Waals surface area (Å²) in [5.41, 5.74) is 6.26. The first-order valence-corrected chi connectivity index (χ1v) is 5.15. The van der Waals surface area contributed by atoms with Crippen LogP contribution in [0.5, 0.6) is 0 Å². The molecular formula is C12H14N2O2. The van der Waals surface area contributed by atoms with Crippen molar-refractivity contribution in [3.05, 3.63) is 40.8 Å². The van der Waals surface area contributed by atoms with Gasteiger partial charge >= 0.3 is 0 Å². The lowest BCUT2D eigenvalue weighted by Crippen LogP contribution is -2.24. The van der Waals surface area contributed by atoms with Crippen molar-refractivity contribution in [2.24, 2.45) is 0 Å². The number of aromatic nitrogens is 1. The number of pyridine rings is 1. The summed E-state index contributed by atoms with van der Waals surface area (Å²) >= 11 is 0. The highest BCUT2D eigenvalue weighted by atomic mass is 16.3. The van der Waals surface area contributed by atoms with Crippen molar-refractivity contribution in [2.75, 3.05) is 12.3 Å². The Labute approximate surface area is 92.9 Å². The predicted molar refractivity (Wildman–Crippen MR) is 64.4 cm³/mol. The molecule has 3 N–H and O–H groups in total. The number of aliphatic hydroxyl groups excluding tert-OH is 1. The van der Waals surface area contributed by atoms with E-state index in [2.05, 4.69) is 0 Å². The Morgan fingerprint density at radius 3 is 2.81 bits per heavy atom. The predicted octanol–water partition coefficient (Wildman–Crippen LogP) is 1.14. The van der Waals surface area contributed by atoms with E-state index < -0.39 is 0 Å². The Kier molecular flexibility index (Phi) is 2.66.